The van der Waals surface area contributed by atoms with E-state index in [0.29, 0.717) is 31.5 Å². The summed E-state index contributed by atoms with van der Waals surface area (Å²) in [6, 6.07) is 7.04. The van der Waals surface area contributed by atoms with Crippen molar-refractivity contribution in [2.24, 2.45) is 5.92 Å². The Hall–Kier alpha value is -2.76. The van der Waals surface area contributed by atoms with Crippen LogP contribution >= 0.6 is 0 Å². The number of aromatic nitrogens is 2. The number of piperidine rings is 1. The quantitative estimate of drug-likeness (QED) is 0.940. The van der Waals surface area contributed by atoms with E-state index in [1.807, 2.05) is 0 Å². The van der Waals surface area contributed by atoms with Crippen molar-refractivity contribution < 1.29 is 9.59 Å². The van der Waals surface area contributed by atoms with Crippen LogP contribution in [0.2, 0.25) is 0 Å². The summed E-state index contributed by atoms with van der Waals surface area (Å²) < 4.78 is 0. The molecule has 0 spiro atoms. The lowest BCUT2D eigenvalue weighted by Gasteiger charge is -2.31. The number of carbonyl (C=O) groups is 2. The van der Waals surface area contributed by atoms with E-state index in [4.69, 9.17) is 0 Å². The molecule has 1 saturated heterocycles. The lowest BCUT2D eigenvalue weighted by atomic mass is 9.95. The summed E-state index contributed by atoms with van der Waals surface area (Å²) in [6.45, 7) is 1.17. The highest BCUT2D eigenvalue weighted by Gasteiger charge is 2.27. The first kappa shape index (κ1) is 15.1. The Labute approximate surface area is 134 Å². The molecule has 6 heteroatoms. The third kappa shape index (κ3) is 3.71. The highest BCUT2D eigenvalue weighted by Crippen LogP contribution is 2.20. The second-order valence-corrected chi connectivity index (χ2v) is 5.53. The van der Waals surface area contributed by atoms with E-state index in [0.717, 1.165) is 5.69 Å². The molecule has 2 aromatic rings. The molecule has 0 aromatic carbocycles. The monoisotopic (exact) mass is 310 g/mol. The number of anilines is 1. The van der Waals surface area contributed by atoms with Gasteiger partial charge in [0, 0.05) is 49.5 Å². The molecule has 0 aliphatic carbocycles. The van der Waals surface area contributed by atoms with E-state index in [2.05, 4.69) is 15.3 Å². The number of carbonyl (C=O) groups excluding carboxylic acids is 2. The minimum Gasteiger partial charge on any atom is -0.339 e. The molecule has 0 atom stereocenters. The van der Waals surface area contributed by atoms with Crippen molar-refractivity contribution in [1.29, 1.82) is 0 Å². The summed E-state index contributed by atoms with van der Waals surface area (Å²) in [5.74, 6) is -0.0862. The molecular weight excluding hydrogens is 292 g/mol. The number of nitrogens with one attached hydrogen (secondary N) is 1. The molecule has 23 heavy (non-hydrogen) atoms. The van der Waals surface area contributed by atoms with Gasteiger partial charge in [0.05, 0.1) is 5.56 Å². The molecular formula is C17H18N4O2. The van der Waals surface area contributed by atoms with Crippen LogP contribution in [-0.2, 0) is 4.79 Å². The topological polar surface area (TPSA) is 75.2 Å². The molecule has 0 unspecified atom stereocenters. The minimum absolute atomic E-state index is 0.00433. The smallest absolute Gasteiger partial charge is 0.255 e. The van der Waals surface area contributed by atoms with Crippen molar-refractivity contribution in [3.8, 4) is 0 Å². The number of amides is 2. The fraction of sp³-hybridized carbons (Fsp3) is 0.294. The van der Waals surface area contributed by atoms with Crippen molar-refractivity contribution in [2.75, 3.05) is 18.4 Å². The van der Waals surface area contributed by atoms with Gasteiger partial charge in [-0.2, -0.15) is 0 Å². The summed E-state index contributed by atoms with van der Waals surface area (Å²) in [7, 11) is 0. The van der Waals surface area contributed by atoms with Gasteiger partial charge in [0.1, 0.15) is 0 Å². The van der Waals surface area contributed by atoms with Gasteiger partial charge in [-0.25, -0.2) is 0 Å². The van der Waals surface area contributed by atoms with Gasteiger partial charge in [-0.1, -0.05) is 0 Å². The zero-order valence-electron chi connectivity index (χ0n) is 12.7. The Kier molecular flexibility index (Phi) is 4.61. The lowest BCUT2D eigenvalue weighted by Crippen LogP contribution is -2.41. The van der Waals surface area contributed by atoms with Gasteiger partial charge in [-0.15, -0.1) is 0 Å². The fourth-order valence-electron chi connectivity index (χ4n) is 2.70. The maximum absolute atomic E-state index is 12.3. The van der Waals surface area contributed by atoms with E-state index in [9.17, 15) is 9.59 Å². The van der Waals surface area contributed by atoms with Gasteiger partial charge in [-0.05, 0) is 37.1 Å². The zero-order chi connectivity index (χ0) is 16.1. The Morgan fingerprint density at radius 1 is 1.04 bits per heavy atom. The number of nitrogens with zero attached hydrogens (tertiary/aromatic N) is 3. The van der Waals surface area contributed by atoms with Crippen molar-refractivity contribution in [3.63, 3.8) is 0 Å². The Bertz CT molecular complexity index is 668. The van der Waals surface area contributed by atoms with Gasteiger partial charge in [0.2, 0.25) is 5.91 Å². The van der Waals surface area contributed by atoms with Crippen molar-refractivity contribution >= 4 is 17.5 Å². The third-order valence-electron chi connectivity index (χ3n) is 4.01. The van der Waals surface area contributed by atoms with Crippen LogP contribution in [0, 0.1) is 5.92 Å². The summed E-state index contributed by atoms with van der Waals surface area (Å²) >= 11 is 0. The van der Waals surface area contributed by atoms with Gasteiger partial charge in [0.15, 0.2) is 0 Å². The Morgan fingerprint density at radius 3 is 2.43 bits per heavy atom. The van der Waals surface area contributed by atoms with Crippen LogP contribution in [0.4, 0.5) is 5.69 Å². The van der Waals surface area contributed by atoms with Crippen molar-refractivity contribution in [1.82, 2.24) is 14.9 Å². The zero-order valence-corrected chi connectivity index (χ0v) is 12.7. The molecule has 3 heterocycles. The number of hydrogen-bond acceptors (Lipinski definition) is 4. The molecule has 1 aliphatic rings. The minimum atomic E-state index is -0.0684. The fourth-order valence-corrected chi connectivity index (χ4v) is 2.70. The van der Waals surface area contributed by atoms with E-state index >= 15 is 0 Å². The molecule has 1 aliphatic heterocycles. The predicted molar refractivity (Wildman–Crippen MR) is 85.7 cm³/mol. The van der Waals surface area contributed by atoms with Gasteiger partial charge >= 0.3 is 0 Å². The summed E-state index contributed by atoms with van der Waals surface area (Å²) in [4.78, 5) is 34.3. The van der Waals surface area contributed by atoms with E-state index in [1.54, 1.807) is 54.0 Å². The maximum atomic E-state index is 12.3. The van der Waals surface area contributed by atoms with Crippen molar-refractivity contribution in [2.45, 2.75) is 12.8 Å². The van der Waals surface area contributed by atoms with E-state index < -0.39 is 0 Å². The first-order chi connectivity index (χ1) is 11.2. The van der Waals surface area contributed by atoms with Crippen LogP contribution in [0.1, 0.15) is 23.2 Å². The molecule has 6 nitrogen and oxygen atoms in total. The summed E-state index contributed by atoms with van der Waals surface area (Å²) in [5.41, 5.74) is 1.34. The third-order valence-corrected chi connectivity index (χ3v) is 4.01. The summed E-state index contributed by atoms with van der Waals surface area (Å²) in [6.07, 6.45) is 7.85. The maximum Gasteiger partial charge on any atom is 0.255 e. The normalized spacial score (nSPS) is 15.2. The van der Waals surface area contributed by atoms with Crippen molar-refractivity contribution in [3.05, 3.63) is 54.6 Å². The Morgan fingerprint density at radius 2 is 1.78 bits per heavy atom. The van der Waals surface area contributed by atoms with Gasteiger partial charge < -0.3 is 10.2 Å². The van der Waals surface area contributed by atoms with Gasteiger partial charge in [0.25, 0.3) is 5.91 Å². The molecule has 118 valence electrons. The highest BCUT2D eigenvalue weighted by molar-refractivity contribution is 5.95. The van der Waals surface area contributed by atoms with Crippen LogP contribution in [0.25, 0.3) is 0 Å². The predicted octanol–water partition coefficient (Wildman–Crippen LogP) is 1.97. The highest BCUT2D eigenvalue weighted by atomic mass is 16.2. The summed E-state index contributed by atoms with van der Waals surface area (Å²) in [5, 5.41) is 2.89. The first-order valence-electron chi connectivity index (χ1n) is 7.64. The Balaban J connectivity index is 1.54. The molecule has 0 bridgehead atoms. The van der Waals surface area contributed by atoms with Crippen LogP contribution < -0.4 is 5.32 Å². The average molecular weight is 310 g/mol. The number of hydrogen-bond donors (Lipinski definition) is 1. The van der Waals surface area contributed by atoms with Crippen LogP contribution in [0.3, 0.4) is 0 Å². The van der Waals surface area contributed by atoms with Gasteiger partial charge in [-0.3, -0.25) is 19.6 Å². The number of rotatable bonds is 3. The SMILES string of the molecule is O=C(Nc1ccncc1)C1CCN(C(=O)c2cccnc2)CC1. The van der Waals surface area contributed by atoms with E-state index in [-0.39, 0.29) is 17.7 Å². The van der Waals surface area contributed by atoms with Crippen LogP contribution in [-0.4, -0.2) is 39.8 Å². The molecule has 0 radical (unpaired) electrons. The molecule has 2 aromatic heterocycles. The lowest BCUT2D eigenvalue weighted by molar-refractivity contribution is -0.121. The molecule has 1 N–H and O–H groups in total. The van der Waals surface area contributed by atoms with Crippen LogP contribution in [0.15, 0.2) is 49.1 Å². The number of likely N-dealkylation sites (tertiary alicyclic amines) is 1. The molecule has 2 amide bonds. The molecule has 0 saturated carbocycles. The number of pyridine rings is 2. The first-order valence-corrected chi connectivity index (χ1v) is 7.64. The molecule has 1 fully saturated rings. The second-order valence-electron chi connectivity index (χ2n) is 5.53. The molecule has 3 rings (SSSR count). The second kappa shape index (κ2) is 7.00. The average Bonchev–Trinajstić information content (AvgIpc) is 2.63. The van der Waals surface area contributed by atoms with Crippen LogP contribution in [0.5, 0.6) is 0 Å². The standard InChI is InChI=1S/C17H18N4O2/c22-16(20-15-3-8-18-9-4-15)13-5-10-21(11-6-13)17(23)14-2-1-7-19-12-14/h1-4,7-9,12-13H,5-6,10-11H2,(H,18,20,22). The largest absolute Gasteiger partial charge is 0.339 e. The van der Waals surface area contributed by atoms with E-state index in [1.165, 1.54) is 0 Å².